The van der Waals surface area contributed by atoms with Crippen LogP contribution in [0.15, 0.2) is 12.1 Å². The Morgan fingerprint density at radius 1 is 1.38 bits per heavy atom. The normalized spacial score (nSPS) is 10.8. The van der Waals surface area contributed by atoms with Crippen molar-refractivity contribution < 1.29 is 14.7 Å². The fourth-order valence-corrected chi connectivity index (χ4v) is 2.38. The number of fused-ring (bicyclic) bond motifs is 1. The first kappa shape index (κ1) is 15.3. The van der Waals surface area contributed by atoms with Crippen LogP contribution in [0.3, 0.4) is 0 Å². The van der Waals surface area contributed by atoms with E-state index in [0.29, 0.717) is 29.7 Å². The third-order valence-electron chi connectivity index (χ3n) is 3.12. The summed E-state index contributed by atoms with van der Waals surface area (Å²) in [6.45, 7) is 4.78. The smallest absolute Gasteiger partial charge is 0.372 e. The van der Waals surface area contributed by atoms with Gasteiger partial charge in [0.15, 0.2) is 0 Å². The van der Waals surface area contributed by atoms with Crippen LogP contribution in [0.2, 0.25) is 5.02 Å². The minimum atomic E-state index is -1.11. The Kier molecular flexibility index (Phi) is 4.47. The Balaban J connectivity index is 2.55. The molecule has 6 nitrogen and oxygen atoms in total. The molecule has 0 bridgehead atoms. The van der Waals surface area contributed by atoms with Crippen LogP contribution in [-0.4, -0.2) is 33.1 Å². The van der Waals surface area contributed by atoms with Gasteiger partial charge in [-0.2, -0.15) is 0 Å². The highest BCUT2D eigenvalue weighted by molar-refractivity contribution is 6.34. The number of carboxylic acids is 1. The predicted octanol–water partition coefficient (Wildman–Crippen LogP) is 2.55. The molecule has 1 aromatic carbocycles. The fourth-order valence-electron chi connectivity index (χ4n) is 2.14. The average molecular weight is 310 g/mol. The number of benzene rings is 1. The number of nitrogens with zero attached hydrogens (tertiary/aromatic N) is 2. The molecule has 0 aliphatic heterocycles. The van der Waals surface area contributed by atoms with Gasteiger partial charge >= 0.3 is 5.97 Å². The van der Waals surface area contributed by atoms with Crippen molar-refractivity contribution in [3.8, 4) is 0 Å². The average Bonchev–Trinajstić information content (AvgIpc) is 2.81. The molecule has 2 N–H and O–H groups in total. The summed E-state index contributed by atoms with van der Waals surface area (Å²) in [5.41, 5.74) is 1.35. The summed E-state index contributed by atoms with van der Waals surface area (Å²) >= 11 is 6.15. The van der Waals surface area contributed by atoms with Gasteiger partial charge in [-0.3, -0.25) is 4.79 Å². The van der Waals surface area contributed by atoms with Crippen molar-refractivity contribution >= 4 is 34.5 Å². The van der Waals surface area contributed by atoms with Gasteiger partial charge in [0.05, 0.1) is 21.6 Å². The lowest BCUT2D eigenvalue weighted by Gasteiger charge is -2.07. The quantitative estimate of drug-likeness (QED) is 0.889. The van der Waals surface area contributed by atoms with E-state index in [9.17, 15) is 9.59 Å². The predicted molar refractivity (Wildman–Crippen MR) is 80.0 cm³/mol. The molecule has 2 rings (SSSR count). The molecule has 0 spiro atoms. The fraction of sp³-hybridized carbons (Fsp3) is 0.357. The minimum Gasteiger partial charge on any atom is -0.475 e. The second-order valence-corrected chi connectivity index (χ2v) is 4.97. The summed E-state index contributed by atoms with van der Waals surface area (Å²) in [4.78, 5) is 27.3. The number of hydrogen-bond acceptors (Lipinski definition) is 3. The summed E-state index contributed by atoms with van der Waals surface area (Å²) in [6, 6.07) is 3.11. The first-order valence-electron chi connectivity index (χ1n) is 6.70. The third kappa shape index (κ3) is 2.85. The van der Waals surface area contributed by atoms with Crippen molar-refractivity contribution in [2.45, 2.75) is 26.8 Å². The van der Waals surface area contributed by atoms with Crippen LogP contribution < -0.4 is 5.32 Å². The molecule has 112 valence electrons. The van der Waals surface area contributed by atoms with Gasteiger partial charge < -0.3 is 15.0 Å². The first-order chi connectivity index (χ1) is 9.99. The summed E-state index contributed by atoms with van der Waals surface area (Å²) in [5, 5.41) is 12.2. The molecule has 0 aliphatic carbocycles. The Bertz CT molecular complexity index is 709. The molecule has 7 heteroatoms. The van der Waals surface area contributed by atoms with Gasteiger partial charge in [0.2, 0.25) is 5.82 Å². The Morgan fingerprint density at radius 3 is 2.67 bits per heavy atom. The van der Waals surface area contributed by atoms with Crippen LogP contribution in [0.4, 0.5) is 0 Å². The maximum absolute atomic E-state index is 12.0. The number of hydrogen-bond donors (Lipinski definition) is 2. The highest BCUT2D eigenvalue weighted by Gasteiger charge is 2.19. The number of aromatic carboxylic acids is 1. The second-order valence-electron chi connectivity index (χ2n) is 4.56. The molecule has 0 fully saturated rings. The van der Waals surface area contributed by atoms with E-state index < -0.39 is 5.97 Å². The zero-order valence-electron chi connectivity index (χ0n) is 11.8. The van der Waals surface area contributed by atoms with E-state index in [2.05, 4.69) is 10.3 Å². The number of imidazole rings is 1. The maximum Gasteiger partial charge on any atom is 0.372 e. The Morgan fingerprint density at radius 2 is 2.10 bits per heavy atom. The van der Waals surface area contributed by atoms with Gasteiger partial charge in [0, 0.05) is 13.1 Å². The van der Waals surface area contributed by atoms with Crippen LogP contribution >= 0.6 is 11.6 Å². The highest BCUT2D eigenvalue weighted by atomic mass is 35.5. The maximum atomic E-state index is 12.0. The number of nitrogens with one attached hydrogen (secondary N) is 1. The van der Waals surface area contributed by atoms with Gasteiger partial charge in [-0.1, -0.05) is 18.5 Å². The van der Waals surface area contributed by atoms with E-state index in [4.69, 9.17) is 16.7 Å². The molecular formula is C14H16ClN3O3. The molecule has 0 aliphatic rings. The number of carbonyl (C=O) groups excluding carboxylic acids is 1. The van der Waals surface area contributed by atoms with Crippen LogP contribution in [0.5, 0.6) is 0 Å². The molecule has 0 unspecified atom stereocenters. The summed E-state index contributed by atoms with van der Waals surface area (Å²) in [7, 11) is 0. The standard InChI is InChI=1S/C14H16ClN3O3/c1-3-5-16-13(19)8-6-10-11(7-9(8)15)18(4-2)12(17-10)14(20)21/h6-7H,3-5H2,1-2H3,(H,16,19)(H,20,21). The largest absolute Gasteiger partial charge is 0.475 e. The molecule has 1 amide bonds. The van der Waals surface area contributed by atoms with Crippen molar-refractivity contribution in [1.29, 1.82) is 0 Å². The molecule has 0 saturated carbocycles. The van der Waals surface area contributed by atoms with Gasteiger partial charge in [0.25, 0.3) is 5.91 Å². The number of aryl methyl sites for hydroxylation is 1. The molecule has 0 saturated heterocycles. The number of rotatable bonds is 5. The van der Waals surface area contributed by atoms with E-state index in [1.165, 1.54) is 6.07 Å². The van der Waals surface area contributed by atoms with Gasteiger partial charge in [-0.15, -0.1) is 0 Å². The van der Waals surface area contributed by atoms with Crippen molar-refractivity contribution in [2.24, 2.45) is 0 Å². The van der Waals surface area contributed by atoms with Crippen LogP contribution in [0.1, 0.15) is 41.2 Å². The summed E-state index contributed by atoms with van der Waals surface area (Å²) in [6.07, 6.45) is 0.819. The van der Waals surface area contributed by atoms with Crippen LogP contribution in [0, 0.1) is 0 Å². The topological polar surface area (TPSA) is 84.2 Å². The number of carbonyl (C=O) groups is 2. The van der Waals surface area contributed by atoms with Crippen LogP contribution in [-0.2, 0) is 6.54 Å². The van der Waals surface area contributed by atoms with Gasteiger partial charge in [-0.05, 0) is 25.5 Å². The number of halogens is 1. The van der Waals surface area contributed by atoms with E-state index >= 15 is 0 Å². The lowest BCUT2D eigenvalue weighted by Crippen LogP contribution is -2.24. The summed E-state index contributed by atoms with van der Waals surface area (Å²) in [5.74, 6) is -1.46. The number of aromatic nitrogens is 2. The second kappa shape index (κ2) is 6.13. The van der Waals surface area contributed by atoms with Gasteiger partial charge in [0.1, 0.15) is 0 Å². The first-order valence-corrected chi connectivity index (χ1v) is 7.08. The minimum absolute atomic E-state index is 0.0605. The molecule has 2 aromatic rings. The summed E-state index contributed by atoms with van der Waals surface area (Å²) < 4.78 is 1.55. The lowest BCUT2D eigenvalue weighted by molar-refractivity contribution is 0.0678. The Labute approximate surface area is 126 Å². The molecule has 0 radical (unpaired) electrons. The third-order valence-corrected chi connectivity index (χ3v) is 3.44. The van der Waals surface area contributed by atoms with Crippen molar-refractivity contribution in [1.82, 2.24) is 14.9 Å². The highest BCUT2D eigenvalue weighted by Crippen LogP contribution is 2.25. The molecule has 1 aromatic heterocycles. The zero-order chi connectivity index (χ0) is 15.6. The molecule has 21 heavy (non-hydrogen) atoms. The van der Waals surface area contributed by atoms with E-state index in [-0.39, 0.29) is 16.8 Å². The Hall–Kier alpha value is -2.08. The van der Waals surface area contributed by atoms with Crippen molar-refractivity contribution in [2.75, 3.05) is 6.54 Å². The lowest BCUT2D eigenvalue weighted by atomic mass is 10.2. The van der Waals surface area contributed by atoms with Crippen molar-refractivity contribution in [3.63, 3.8) is 0 Å². The SMILES string of the molecule is CCCNC(=O)c1cc2nc(C(=O)O)n(CC)c2cc1Cl. The van der Waals surface area contributed by atoms with Crippen LogP contribution in [0.25, 0.3) is 11.0 Å². The van der Waals surface area contributed by atoms with Crippen molar-refractivity contribution in [3.05, 3.63) is 28.5 Å². The van der Waals surface area contributed by atoms with E-state index in [1.807, 2.05) is 13.8 Å². The molecule has 1 heterocycles. The van der Waals surface area contributed by atoms with Gasteiger partial charge in [-0.25, -0.2) is 9.78 Å². The zero-order valence-corrected chi connectivity index (χ0v) is 12.6. The number of amides is 1. The monoisotopic (exact) mass is 309 g/mol. The number of carboxylic acid groups (broad SMARTS) is 1. The molecular weight excluding hydrogens is 294 g/mol. The van der Waals surface area contributed by atoms with E-state index in [0.717, 1.165) is 6.42 Å². The molecule has 0 atom stereocenters. The van der Waals surface area contributed by atoms with E-state index in [1.54, 1.807) is 10.6 Å².